The lowest BCUT2D eigenvalue weighted by atomic mass is 9.62. The molecule has 3 aliphatic rings. The first kappa shape index (κ1) is 21.8. The van der Waals surface area contributed by atoms with Crippen LogP contribution < -0.4 is 5.32 Å². The molecular weight excluding hydrogens is 400 g/mol. The molecule has 3 fully saturated rings. The largest absolute Gasteiger partial charge is 0.466 e. The van der Waals surface area contributed by atoms with Crippen LogP contribution in [0, 0.1) is 17.8 Å². The van der Waals surface area contributed by atoms with Gasteiger partial charge >= 0.3 is 5.97 Å². The maximum atomic E-state index is 13.5. The number of esters is 1. The molecule has 2 bridgehead atoms. The third-order valence-corrected chi connectivity index (χ3v) is 7.25. The summed E-state index contributed by atoms with van der Waals surface area (Å²) in [4.78, 5) is 41.2. The van der Waals surface area contributed by atoms with Gasteiger partial charge in [-0.05, 0) is 31.7 Å². The van der Waals surface area contributed by atoms with Crippen LogP contribution in [-0.2, 0) is 30.4 Å². The SMILES string of the molecule is CCOC(=O)[C@H]1[C@H]2C(=O)N(CCO)C(C(=O)NCc3ccccc3)C23CC(C)[C@]1(C)O3. The number of nitrogens with one attached hydrogen (secondary N) is 1. The number of carbonyl (C=O) groups is 3. The number of hydrogen-bond donors (Lipinski definition) is 2. The van der Waals surface area contributed by atoms with E-state index < -0.39 is 35.0 Å². The van der Waals surface area contributed by atoms with Gasteiger partial charge in [-0.3, -0.25) is 14.4 Å². The predicted molar refractivity (Wildman–Crippen MR) is 110 cm³/mol. The molecule has 3 aliphatic heterocycles. The van der Waals surface area contributed by atoms with Gasteiger partial charge in [0.15, 0.2) is 0 Å². The summed E-state index contributed by atoms with van der Waals surface area (Å²) in [7, 11) is 0. The van der Waals surface area contributed by atoms with Crippen molar-refractivity contribution in [3.8, 4) is 0 Å². The molecule has 0 saturated carbocycles. The van der Waals surface area contributed by atoms with Gasteiger partial charge in [-0.15, -0.1) is 0 Å². The number of ether oxygens (including phenoxy) is 2. The van der Waals surface area contributed by atoms with E-state index in [0.717, 1.165) is 5.56 Å². The second-order valence-corrected chi connectivity index (χ2v) is 8.91. The number of aliphatic hydroxyl groups is 1. The molecule has 0 radical (unpaired) electrons. The second-order valence-electron chi connectivity index (χ2n) is 8.91. The van der Waals surface area contributed by atoms with Crippen molar-refractivity contribution in [1.82, 2.24) is 10.2 Å². The van der Waals surface area contributed by atoms with Crippen LogP contribution in [0.5, 0.6) is 0 Å². The van der Waals surface area contributed by atoms with Gasteiger partial charge in [0.1, 0.15) is 17.6 Å². The fourth-order valence-corrected chi connectivity index (χ4v) is 5.86. The van der Waals surface area contributed by atoms with Crippen LogP contribution in [0.4, 0.5) is 0 Å². The number of rotatable bonds is 7. The maximum Gasteiger partial charge on any atom is 0.312 e. The average Bonchev–Trinajstić information content (AvgIpc) is 3.25. The molecule has 31 heavy (non-hydrogen) atoms. The summed E-state index contributed by atoms with van der Waals surface area (Å²) in [5.41, 5.74) is -1.06. The van der Waals surface area contributed by atoms with E-state index in [0.29, 0.717) is 13.0 Å². The van der Waals surface area contributed by atoms with E-state index in [2.05, 4.69) is 5.32 Å². The summed E-state index contributed by atoms with van der Waals surface area (Å²) in [6, 6.07) is 8.58. The minimum absolute atomic E-state index is 0.00447. The molecule has 3 heterocycles. The lowest BCUT2D eigenvalue weighted by Gasteiger charge is -2.35. The molecule has 4 rings (SSSR count). The van der Waals surface area contributed by atoms with Crippen LogP contribution in [0.1, 0.15) is 32.8 Å². The van der Waals surface area contributed by atoms with Crippen molar-refractivity contribution >= 4 is 17.8 Å². The molecule has 3 unspecified atom stereocenters. The second kappa shape index (κ2) is 7.91. The molecule has 6 atom stereocenters. The zero-order chi connectivity index (χ0) is 22.4. The summed E-state index contributed by atoms with van der Waals surface area (Å²) in [6.45, 7) is 5.78. The van der Waals surface area contributed by atoms with E-state index in [1.807, 2.05) is 44.2 Å². The highest BCUT2D eigenvalue weighted by Gasteiger charge is 2.80. The summed E-state index contributed by atoms with van der Waals surface area (Å²) in [5.74, 6) is -2.75. The molecule has 0 aliphatic carbocycles. The van der Waals surface area contributed by atoms with Crippen molar-refractivity contribution in [2.45, 2.75) is 51.0 Å². The number of nitrogens with zero attached hydrogens (tertiary/aromatic N) is 1. The Bertz CT molecular complexity index is 876. The lowest BCUT2D eigenvalue weighted by molar-refractivity contribution is -0.161. The third kappa shape index (κ3) is 3.15. The number of fused-ring (bicyclic) bond motifs is 1. The van der Waals surface area contributed by atoms with Crippen LogP contribution in [0.2, 0.25) is 0 Å². The van der Waals surface area contributed by atoms with Crippen molar-refractivity contribution < 1.29 is 29.0 Å². The molecule has 1 aromatic carbocycles. The van der Waals surface area contributed by atoms with Crippen LogP contribution >= 0.6 is 0 Å². The number of amides is 2. The third-order valence-electron chi connectivity index (χ3n) is 7.25. The molecule has 8 heteroatoms. The Morgan fingerprint density at radius 1 is 1.32 bits per heavy atom. The Labute approximate surface area is 181 Å². The smallest absolute Gasteiger partial charge is 0.312 e. The Hall–Kier alpha value is -2.45. The molecular formula is C23H30N2O6. The normalized spacial score (nSPS) is 35.9. The molecule has 8 nitrogen and oxygen atoms in total. The van der Waals surface area contributed by atoms with E-state index in [1.54, 1.807) is 6.92 Å². The van der Waals surface area contributed by atoms with Gasteiger partial charge in [0, 0.05) is 13.1 Å². The summed E-state index contributed by atoms with van der Waals surface area (Å²) in [5, 5.41) is 12.5. The number of likely N-dealkylation sites (tertiary alicyclic amines) is 1. The Kier molecular flexibility index (Phi) is 5.55. The number of β-amino-alcohol motifs (C(OH)–C–C–N with tert-alkyl or cyclic N) is 1. The first-order valence-electron chi connectivity index (χ1n) is 10.9. The van der Waals surface area contributed by atoms with Gasteiger partial charge < -0.3 is 24.8 Å². The quantitative estimate of drug-likeness (QED) is 0.622. The van der Waals surface area contributed by atoms with Crippen molar-refractivity contribution in [2.75, 3.05) is 19.8 Å². The summed E-state index contributed by atoms with van der Waals surface area (Å²) >= 11 is 0. The van der Waals surface area contributed by atoms with Crippen LogP contribution in [0.15, 0.2) is 30.3 Å². The monoisotopic (exact) mass is 430 g/mol. The molecule has 1 aromatic rings. The van der Waals surface area contributed by atoms with Crippen molar-refractivity contribution in [3.63, 3.8) is 0 Å². The summed E-state index contributed by atoms with van der Waals surface area (Å²) in [6.07, 6.45) is 0.487. The molecule has 168 valence electrons. The van der Waals surface area contributed by atoms with Gasteiger partial charge in [0.25, 0.3) is 0 Å². The van der Waals surface area contributed by atoms with Crippen LogP contribution in [-0.4, -0.2) is 64.8 Å². The maximum absolute atomic E-state index is 13.5. The number of hydrogen-bond acceptors (Lipinski definition) is 6. The van der Waals surface area contributed by atoms with Gasteiger partial charge in [-0.25, -0.2) is 0 Å². The fraction of sp³-hybridized carbons (Fsp3) is 0.609. The highest BCUT2D eigenvalue weighted by Crippen LogP contribution is 2.65. The number of aliphatic hydroxyl groups excluding tert-OH is 1. The lowest BCUT2D eigenvalue weighted by Crippen LogP contribution is -2.55. The van der Waals surface area contributed by atoms with Crippen LogP contribution in [0.3, 0.4) is 0 Å². The van der Waals surface area contributed by atoms with E-state index in [9.17, 15) is 19.5 Å². The van der Waals surface area contributed by atoms with Gasteiger partial charge in [0.05, 0.1) is 24.7 Å². The predicted octanol–water partition coefficient (Wildman–Crippen LogP) is 0.869. The van der Waals surface area contributed by atoms with Crippen LogP contribution in [0.25, 0.3) is 0 Å². The Balaban J connectivity index is 1.68. The zero-order valence-corrected chi connectivity index (χ0v) is 18.2. The van der Waals surface area contributed by atoms with E-state index in [4.69, 9.17) is 9.47 Å². The first-order chi connectivity index (χ1) is 14.8. The molecule has 1 spiro atoms. The van der Waals surface area contributed by atoms with Crippen molar-refractivity contribution in [1.29, 1.82) is 0 Å². The first-order valence-corrected chi connectivity index (χ1v) is 10.9. The number of benzene rings is 1. The van der Waals surface area contributed by atoms with Gasteiger partial charge in [-0.2, -0.15) is 0 Å². The van der Waals surface area contributed by atoms with Gasteiger partial charge in [0.2, 0.25) is 11.8 Å². The molecule has 2 amide bonds. The number of carbonyl (C=O) groups excluding carboxylic acids is 3. The van der Waals surface area contributed by atoms with Crippen molar-refractivity contribution in [3.05, 3.63) is 35.9 Å². The zero-order valence-electron chi connectivity index (χ0n) is 18.2. The molecule has 2 N–H and O–H groups in total. The van der Waals surface area contributed by atoms with E-state index in [-0.39, 0.29) is 37.5 Å². The Morgan fingerprint density at radius 2 is 2.03 bits per heavy atom. The highest BCUT2D eigenvalue weighted by atomic mass is 16.6. The minimum atomic E-state index is -1.11. The molecule has 3 saturated heterocycles. The minimum Gasteiger partial charge on any atom is -0.466 e. The van der Waals surface area contributed by atoms with E-state index in [1.165, 1.54) is 4.90 Å². The van der Waals surface area contributed by atoms with Gasteiger partial charge in [-0.1, -0.05) is 37.3 Å². The summed E-state index contributed by atoms with van der Waals surface area (Å²) < 4.78 is 11.8. The van der Waals surface area contributed by atoms with Crippen molar-refractivity contribution in [2.24, 2.45) is 17.8 Å². The standard InChI is InChI=1S/C23H30N2O6/c1-4-30-21(29)17-16-20(28)25(10-11-26)18(23(16)12-14(2)22(17,3)31-23)19(27)24-13-15-8-6-5-7-9-15/h5-9,14,16-18,26H,4,10-13H2,1-3H3,(H,24,27)/t14?,16-,17+,18?,22-,23?/m0/s1. The fourth-order valence-electron chi connectivity index (χ4n) is 5.86. The highest BCUT2D eigenvalue weighted by molar-refractivity contribution is 5.98. The Morgan fingerprint density at radius 3 is 2.68 bits per heavy atom. The average molecular weight is 431 g/mol. The topological polar surface area (TPSA) is 105 Å². The van der Waals surface area contributed by atoms with E-state index >= 15 is 0 Å². The molecule has 0 aromatic heterocycles.